The monoisotopic (exact) mass is 335 g/mol. The molecule has 2 saturated heterocycles. The number of hydroxylamine groups is 2. The molecule has 5 nitrogen and oxygen atoms in total. The molecule has 3 rings (SSSR count). The van der Waals surface area contributed by atoms with E-state index in [2.05, 4.69) is 17.2 Å². The fourth-order valence-electron chi connectivity index (χ4n) is 3.14. The van der Waals surface area contributed by atoms with E-state index >= 15 is 0 Å². The first-order valence-electron chi connectivity index (χ1n) is 9.13. The summed E-state index contributed by atoms with van der Waals surface area (Å²) >= 11 is 0. The van der Waals surface area contributed by atoms with Gasteiger partial charge in [-0.2, -0.15) is 5.06 Å². The second-order valence-corrected chi connectivity index (χ2v) is 6.44. The van der Waals surface area contributed by atoms with Crippen LogP contribution in [0.15, 0.2) is 30.3 Å². The number of rotatable bonds is 8. The zero-order chi connectivity index (χ0) is 16.5. The highest BCUT2D eigenvalue weighted by molar-refractivity contribution is 5.13. The Bertz CT molecular complexity index is 442. The van der Waals surface area contributed by atoms with E-state index in [1.807, 2.05) is 18.2 Å². The van der Waals surface area contributed by atoms with Crippen LogP contribution in [-0.2, 0) is 25.7 Å². The van der Waals surface area contributed by atoms with E-state index in [1.165, 1.54) is 5.56 Å². The van der Waals surface area contributed by atoms with Gasteiger partial charge in [-0.15, -0.1) is 0 Å². The van der Waals surface area contributed by atoms with Crippen LogP contribution in [0.3, 0.4) is 0 Å². The van der Waals surface area contributed by atoms with Gasteiger partial charge < -0.3 is 14.2 Å². The largest absolute Gasteiger partial charge is 0.381 e. The van der Waals surface area contributed by atoms with Crippen molar-refractivity contribution in [3.63, 3.8) is 0 Å². The van der Waals surface area contributed by atoms with E-state index in [9.17, 15) is 0 Å². The fraction of sp³-hybridized carbons (Fsp3) is 0.684. The van der Waals surface area contributed by atoms with Gasteiger partial charge in [-0.1, -0.05) is 30.3 Å². The molecule has 0 spiro atoms. The maximum Gasteiger partial charge on any atom is 0.0935 e. The smallest absolute Gasteiger partial charge is 0.0935 e. The second-order valence-electron chi connectivity index (χ2n) is 6.44. The average Bonchev–Trinajstić information content (AvgIpc) is 2.66. The van der Waals surface area contributed by atoms with E-state index in [0.717, 1.165) is 52.0 Å². The molecule has 0 N–H and O–H groups in total. The van der Waals surface area contributed by atoms with Crippen molar-refractivity contribution in [2.75, 3.05) is 39.5 Å². The van der Waals surface area contributed by atoms with Crippen molar-refractivity contribution in [3.8, 4) is 0 Å². The number of piperidine rings is 1. The summed E-state index contributed by atoms with van der Waals surface area (Å²) in [6.07, 6.45) is 4.75. The lowest BCUT2D eigenvalue weighted by Gasteiger charge is -2.31. The SMILES string of the molecule is c1ccc(CON2CCC(OCCOC3CCOCC3)CC2)cc1. The molecule has 134 valence electrons. The third-order valence-electron chi connectivity index (χ3n) is 4.62. The molecule has 24 heavy (non-hydrogen) atoms. The molecule has 0 saturated carbocycles. The number of nitrogens with zero attached hydrogens (tertiary/aromatic N) is 1. The molecule has 0 atom stereocenters. The molecule has 0 aromatic heterocycles. The van der Waals surface area contributed by atoms with Crippen molar-refractivity contribution in [2.24, 2.45) is 0 Å². The third kappa shape index (κ3) is 6.15. The maximum absolute atomic E-state index is 5.95. The van der Waals surface area contributed by atoms with Crippen LogP contribution in [0.25, 0.3) is 0 Å². The van der Waals surface area contributed by atoms with Crippen molar-refractivity contribution in [1.82, 2.24) is 5.06 Å². The van der Waals surface area contributed by atoms with Crippen LogP contribution >= 0.6 is 0 Å². The van der Waals surface area contributed by atoms with Gasteiger partial charge in [0, 0.05) is 26.3 Å². The summed E-state index contributed by atoms with van der Waals surface area (Å²) in [5.41, 5.74) is 1.21. The predicted octanol–water partition coefficient (Wildman–Crippen LogP) is 2.79. The molecule has 2 aliphatic heterocycles. The number of ether oxygens (including phenoxy) is 3. The lowest BCUT2D eigenvalue weighted by Crippen LogP contribution is -2.37. The van der Waals surface area contributed by atoms with Crippen molar-refractivity contribution >= 4 is 0 Å². The first kappa shape index (κ1) is 17.8. The first-order chi connectivity index (χ1) is 11.9. The molecule has 2 fully saturated rings. The molecule has 0 amide bonds. The average molecular weight is 335 g/mol. The Balaban J connectivity index is 1.23. The Morgan fingerprint density at radius 2 is 1.50 bits per heavy atom. The number of hydrogen-bond donors (Lipinski definition) is 0. The highest BCUT2D eigenvalue weighted by Gasteiger charge is 2.20. The lowest BCUT2D eigenvalue weighted by molar-refractivity contribution is -0.193. The predicted molar refractivity (Wildman–Crippen MR) is 91.6 cm³/mol. The Kier molecular flexibility index (Phi) is 7.51. The van der Waals surface area contributed by atoms with Gasteiger partial charge >= 0.3 is 0 Å². The second kappa shape index (κ2) is 10.1. The van der Waals surface area contributed by atoms with Crippen LogP contribution in [0.4, 0.5) is 0 Å². The minimum absolute atomic E-state index is 0.333. The first-order valence-corrected chi connectivity index (χ1v) is 9.13. The Morgan fingerprint density at radius 1 is 0.875 bits per heavy atom. The van der Waals surface area contributed by atoms with E-state index in [-0.39, 0.29) is 0 Å². The van der Waals surface area contributed by atoms with Crippen LogP contribution < -0.4 is 0 Å². The highest BCUT2D eigenvalue weighted by atomic mass is 16.7. The summed E-state index contributed by atoms with van der Waals surface area (Å²) in [4.78, 5) is 5.86. The van der Waals surface area contributed by atoms with Gasteiger partial charge in [0.1, 0.15) is 0 Å². The molecule has 1 aromatic rings. The molecule has 1 aromatic carbocycles. The van der Waals surface area contributed by atoms with Gasteiger partial charge in [0.15, 0.2) is 0 Å². The zero-order valence-corrected chi connectivity index (χ0v) is 14.4. The maximum atomic E-state index is 5.95. The van der Waals surface area contributed by atoms with E-state index in [1.54, 1.807) is 0 Å². The number of benzene rings is 1. The summed E-state index contributed by atoms with van der Waals surface area (Å²) in [6.45, 7) is 5.53. The van der Waals surface area contributed by atoms with Crippen molar-refractivity contribution in [1.29, 1.82) is 0 Å². The van der Waals surface area contributed by atoms with Crippen LogP contribution in [0.2, 0.25) is 0 Å². The molecule has 2 heterocycles. The normalized spacial score (nSPS) is 21.2. The molecule has 0 radical (unpaired) electrons. The van der Waals surface area contributed by atoms with Crippen LogP contribution in [0.5, 0.6) is 0 Å². The summed E-state index contributed by atoms with van der Waals surface area (Å²) in [6, 6.07) is 10.3. The van der Waals surface area contributed by atoms with Gasteiger partial charge in [0.25, 0.3) is 0 Å². The summed E-state index contributed by atoms with van der Waals surface area (Å²) in [7, 11) is 0. The minimum atomic E-state index is 0.333. The molecule has 2 aliphatic rings. The fourth-order valence-corrected chi connectivity index (χ4v) is 3.14. The quantitative estimate of drug-likeness (QED) is 0.683. The van der Waals surface area contributed by atoms with Crippen LogP contribution in [-0.4, -0.2) is 56.8 Å². The third-order valence-corrected chi connectivity index (χ3v) is 4.62. The van der Waals surface area contributed by atoms with Crippen molar-refractivity contribution in [3.05, 3.63) is 35.9 Å². The minimum Gasteiger partial charge on any atom is -0.381 e. The topological polar surface area (TPSA) is 40.2 Å². The summed E-state index contributed by atoms with van der Waals surface area (Å²) in [5.74, 6) is 0. The van der Waals surface area contributed by atoms with Crippen molar-refractivity contribution in [2.45, 2.75) is 44.5 Å². The van der Waals surface area contributed by atoms with Crippen LogP contribution in [0, 0.1) is 0 Å². The summed E-state index contributed by atoms with van der Waals surface area (Å²) in [5, 5.41) is 2.06. The summed E-state index contributed by atoms with van der Waals surface area (Å²) < 4.78 is 17.1. The van der Waals surface area contributed by atoms with E-state index in [0.29, 0.717) is 32.0 Å². The molecular weight excluding hydrogens is 306 g/mol. The Morgan fingerprint density at radius 3 is 2.17 bits per heavy atom. The van der Waals surface area contributed by atoms with E-state index in [4.69, 9.17) is 19.0 Å². The van der Waals surface area contributed by atoms with Crippen molar-refractivity contribution < 1.29 is 19.0 Å². The number of hydrogen-bond acceptors (Lipinski definition) is 5. The van der Waals surface area contributed by atoms with Crippen LogP contribution in [0.1, 0.15) is 31.2 Å². The van der Waals surface area contributed by atoms with Gasteiger partial charge in [-0.05, 0) is 31.2 Å². The molecule has 0 bridgehead atoms. The molecular formula is C19H29NO4. The van der Waals surface area contributed by atoms with E-state index < -0.39 is 0 Å². The van der Waals surface area contributed by atoms with Gasteiger partial charge in [-0.25, -0.2) is 0 Å². The molecule has 0 aliphatic carbocycles. The zero-order valence-electron chi connectivity index (χ0n) is 14.4. The Hall–Kier alpha value is -0.980. The lowest BCUT2D eigenvalue weighted by atomic mass is 10.1. The molecule has 5 heteroatoms. The standard InChI is InChI=1S/C19H29NO4/c1-2-4-17(5-3-1)16-24-20-10-6-18(7-11-20)22-14-15-23-19-8-12-21-13-9-19/h1-5,18-19H,6-16H2. The van der Waals surface area contributed by atoms with Gasteiger partial charge in [-0.3, -0.25) is 4.84 Å². The molecule has 0 unspecified atom stereocenters. The highest BCUT2D eigenvalue weighted by Crippen LogP contribution is 2.16. The van der Waals surface area contributed by atoms with Gasteiger partial charge in [0.2, 0.25) is 0 Å². The Labute approximate surface area is 144 Å². The van der Waals surface area contributed by atoms with Gasteiger partial charge in [0.05, 0.1) is 32.0 Å².